The van der Waals surface area contributed by atoms with E-state index in [0.717, 1.165) is 6.20 Å². The van der Waals surface area contributed by atoms with Gasteiger partial charge in [-0.1, -0.05) is 0 Å². The molecule has 0 aromatic carbocycles. The summed E-state index contributed by atoms with van der Waals surface area (Å²) in [6.07, 6.45) is 1.07. The molecule has 0 aliphatic heterocycles. The topological polar surface area (TPSA) is 57.3 Å². The van der Waals surface area contributed by atoms with Crippen LogP contribution in [0.15, 0.2) is 18.3 Å². The summed E-state index contributed by atoms with van der Waals surface area (Å²) >= 11 is 0. The van der Waals surface area contributed by atoms with Crippen LogP contribution in [0.3, 0.4) is 0 Å². The third kappa shape index (κ3) is 4.37. The first-order chi connectivity index (χ1) is 7.08. The third-order valence-electron chi connectivity index (χ3n) is 1.52. The predicted octanol–water partition coefficient (Wildman–Crippen LogP) is 0.225. The lowest BCUT2D eigenvalue weighted by Gasteiger charge is -2.10. The standard InChI is InChI=1S/C9H13FN4O/c1-14(2)6-9(15)13-12-8-4-3-7(10)5-11-8/h3-5H,6H2,1-2H3,(H,11,12)(H,13,15). The summed E-state index contributed by atoms with van der Waals surface area (Å²) in [6.45, 7) is 0.272. The zero-order chi connectivity index (χ0) is 11.3. The second-order valence-corrected chi connectivity index (χ2v) is 3.27. The van der Waals surface area contributed by atoms with Gasteiger partial charge in [0.1, 0.15) is 11.6 Å². The van der Waals surface area contributed by atoms with E-state index in [0.29, 0.717) is 5.82 Å². The van der Waals surface area contributed by atoms with Gasteiger partial charge < -0.3 is 4.90 Å². The Hall–Kier alpha value is -1.69. The Bertz CT molecular complexity index is 325. The number of carbonyl (C=O) groups is 1. The number of carbonyl (C=O) groups excluding carboxylic acids is 1. The lowest BCUT2D eigenvalue weighted by atomic mass is 10.4. The molecule has 15 heavy (non-hydrogen) atoms. The summed E-state index contributed by atoms with van der Waals surface area (Å²) in [5.41, 5.74) is 5.01. The number of hydrogen-bond acceptors (Lipinski definition) is 4. The number of anilines is 1. The molecule has 0 fully saturated rings. The van der Waals surface area contributed by atoms with Gasteiger partial charge in [-0.15, -0.1) is 0 Å². The molecule has 2 N–H and O–H groups in total. The number of pyridine rings is 1. The van der Waals surface area contributed by atoms with Crippen LogP contribution in [0.2, 0.25) is 0 Å². The Kier molecular flexibility index (Phi) is 3.99. The van der Waals surface area contributed by atoms with E-state index in [1.165, 1.54) is 12.1 Å². The van der Waals surface area contributed by atoms with Gasteiger partial charge in [0.25, 0.3) is 5.91 Å². The number of halogens is 1. The van der Waals surface area contributed by atoms with Crippen molar-refractivity contribution >= 4 is 11.7 Å². The maximum atomic E-state index is 12.5. The molecule has 1 aromatic rings. The molecule has 0 aliphatic rings. The van der Waals surface area contributed by atoms with E-state index in [1.807, 2.05) is 0 Å². The highest BCUT2D eigenvalue weighted by Gasteiger charge is 2.01. The van der Waals surface area contributed by atoms with E-state index in [4.69, 9.17) is 0 Å². The van der Waals surface area contributed by atoms with Gasteiger partial charge in [-0.2, -0.15) is 0 Å². The normalized spacial score (nSPS) is 10.1. The lowest BCUT2D eigenvalue weighted by Crippen LogP contribution is -2.36. The molecule has 0 saturated heterocycles. The third-order valence-corrected chi connectivity index (χ3v) is 1.52. The highest BCUT2D eigenvalue weighted by atomic mass is 19.1. The molecular formula is C9H13FN4O. The van der Waals surface area contributed by atoms with Gasteiger partial charge in [-0.05, 0) is 26.2 Å². The molecule has 5 nitrogen and oxygen atoms in total. The average Bonchev–Trinajstić information content (AvgIpc) is 2.16. The van der Waals surface area contributed by atoms with Crippen LogP contribution in [-0.2, 0) is 4.79 Å². The Morgan fingerprint density at radius 3 is 2.80 bits per heavy atom. The summed E-state index contributed by atoms with van der Waals surface area (Å²) in [6, 6.07) is 2.69. The smallest absolute Gasteiger partial charge is 0.252 e. The first-order valence-corrected chi connectivity index (χ1v) is 4.39. The molecule has 0 saturated carbocycles. The Morgan fingerprint density at radius 2 is 2.27 bits per heavy atom. The van der Waals surface area contributed by atoms with Crippen LogP contribution in [0.5, 0.6) is 0 Å². The number of rotatable bonds is 4. The van der Waals surface area contributed by atoms with Gasteiger partial charge in [0.15, 0.2) is 0 Å². The minimum atomic E-state index is -0.417. The molecule has 0 aliphatic carbocycles. The van der Waals surface area contributed by atoms with E-state index in [-0.39, 0.29) is 12.5 Å². The molecule has 6 heteroatoms. The van der Waals surface area contributed by atoms with Crippen LogP contribution in [0.4, 0.5) is 10.2 Å². The molecule has 1 heterocycles. The molecule has 0 unspecified atom stereocenters. The first kappa shape index (κ1) is 11.4. The van der Waals surface area contributed by atoms with Crippen molar-refractivity contribution in [2.45, 2.75) is 0 Å². The lowest BCUT2D eigenvalue weighted by molar-refractivity contribution is -0.121. The molecule has 0 spiro atoms. The Labute approximate surface area is 87.3 Å². The molecule has 0 radical (unpaired) electrons. The highest BCUT2D eigenvalue weighted by Crippen LogP contribution is 2.01. The van der Waals surface area contributed by atoms with E-state index in [2.05, 4.69) is 15.8 Å². The van der Waals surface area contributed by atoms with Crippen LogP contribution in [0.25, 0.3) is 0 Å². The predicted molar refractivity (Wildman–Crippen MR) is 54.5 cm³/mol. The van der Waals surface area contributed by atoms with Gasteiger partial charge in [0, 0.05) is 0 Å². The second-order valence-electron chi connectivity index (χ2n) is 3.27. The average molecular weight is 212 g/mol. The van der Waals surface area contributed by atoms with Crippen molar-refractivity contribution in [3.05, 3.63) is 24.1 Å². The van der Waals surface area contributed by atoms with Gasteiger partial charge in [0.05, 0.1) is 12.7 Å². The van der Waals surface area contributed by atoms with Crippen molar-refractivity contribution in [3.63, 3.8) is 0 Å². The number of nitrogens with zero attached hydrogens (tertiary/aromatic N) is 2. The largest absolute Gasteiger partial charge is 0.301 e. The fourth-order valence-corrected chi connectivity index (χ4v) is 0.910. The molecule has 1 amide bonds. The van der Waals surface area contributed by atoms with Crippen molar-refractivity contribution < 1.29 is 9.18 Å². The summed E-state index contributed by atoms with van der Waals surface area (Å²) in [5, 5.41) is 0. The number of nitrogens with one attached hydrogen (secondary N) is 2. The van der Waals surface area contributed by atoms with E-state index >= 15 is 0 Å². The van der Waals surface area contributed by atoms with Crippen molar-refractivity contribution in [1.82, 2.24) is 15.3 Å². The summed E-state index contributed by atoms with van der Waals surface area (Å²) in [7, 11) is 3.57. The quantitative estimate of drug-likeness (QED) is 0.701. The van der Waals surface area contributed by atoms with Crippen molar-refractivity contribution in [1.29, 1.82) is 0 Å². The molecule has 82 valence electrons. The SMILES string of the molecule is CN(C)CC(=O)NNc1ccc(F)cn1. The zero-order valence-corrected chi connectivity index (χ0v) is 8.62. The van der Waals surface area contributed by atoms with E-state index in [1.54, 1.807) is 19.0 Å². The summed E-state index contributed by atoms with van der Waals surface area (Å²) in [4.78, 5) is 16.6. The van der Waals surface area contributed by atoms with Gasteiger partial charge in [0.2, 0.25) is 0 Å². The second kappa shape index (κ2) is 5.26. The zero-order valence-electron chi connectivity index (χ0n) is 8.62. The van der Waals surface area contributed by atoms with E-state index < -0.39 is 5.82 Å². The van der Waals surface area contributed by atoms with Crippen molar-refractivity contribution in [2.75, 3.05) is 26.1 Å². The Morgan fingerprint density at radius 1 is 1.53 bits per heavy atom. The number of hydrogen-bond donors (Lipinski definition) is 2. The van der Waals surface area contributed by atoms with Crippen LogP contribution in [-0.4, -0.2) is 36.4 Å². The molecule has 1 rings (SSSR count). The van der Waals surface area contributed by atoms with Crippen LogP contribution >= 0.6 is 0 Å². The molecule has 1 aromatic heterocycles. The Balaban J connectivity index is 2.37. The maximum Gasteiger partial charge on any atom is 0.252 e. The van der Waals surface area contributed by atoms with Gasteiger partial charge in [-0.25, -0.2) is 9.37 Å². The summed E-state index contributed by atoms with van der Waals surface area (Å²) < 4.78 is 12.5. The van der Waals surface area contributed by atoms with E-state index in [9.17, 15) is 9.18 Å². The number of amides is 1. The van der Waals surface area contributed by atoms with Crippen molar-refractivity contribution in [3.8, 4) is 0 Å². The summed E-state index contributed by atoms with van der Waals surface area (Å²) in [5.74, 6) is -0.213. The van der Waals surface area contributed by atoms with Gasteiger partial charge >= 0.3 is 0 Å². The number of aromatic nitrogens is 1. The fraction of sp³-hybridized carbons (Fsp3) is 0.333. The fourth-order valence-electron chi connectivity index (χ4n) is 0.910. The van der Waals surface area contributed by atoms with Crippen LogP contribution in [0.1, 0.15) is 0 Å². The first-order valence-electron chi connectivity index (χ1n) is 4.39. The van der Waals surface area contributed by atoms with Crippen molar-refractivity contribution in [2.24, 2.45) is 0 Å². The monoisotopic (exact) mass is 212 g/mol. The molecule has 0 atom stereocenters. The molecule has 0 bridgehead atoms. The molecular weight excluding hydrogens is 199 g/mol. The van der Waals surface area contributed by atoms with Crippen LogP contribution < -0.4 is 10.9 Å². The van der Waals surface area contributed by atoms with Crippen LogP contribution in [0, 0.1) is 5.82 Å². The van der Waals surface area contributed by atoms with Gasteiger partial charge in [-0.3, -0.25) is 15.6 Å². The minimum Gasteiger partial charge on any atom is -0.301 e. The number of hydrazine groups is 1. The minimum absolute atomic E-state index is 0.189. The maximum absolute atomic E-state index is 12.5. The number of likely N-dealkylation sites (N-methyl/N-ethyl adjacent to an activating group) is 1. The highest BCUT2D eigenvalue weighted by molar-refractivity contribution is 5.79.